The Hall–Kier alpha value is -0.180. The lowest BCUT2D eigenvalue weighted by Crippen LogP contribution is -2.08. The van der Waals surface area contributed by atoms with Crippen LogP contribution in [0.25, 0.3) is 0 Å². The third-order valence-corrected chi connectivity index (χ3v) is 3.50. The van der Waals surface area contributed by atoms with Gasteiger partial charge in [-0.2, -0.15) is 4.39 Å². The number of halogens is 1. The first-order valence-corrected chi connectivity index (χ1v) is 7.06. The highest BCUT2D eigenvalue weighted by Gasteiger charge is 2.33. The van der Waals surface area contributed by atoms with Crippen LogP contribution in [0.2, 0.25) is 0 Å². The molecule has 5 heteroatoms. The van der Waals surface area contributed by atoms with E-state index >= 15 is 0 Å². The fourth-order valence-electron chi connectivity index (χ4n) is 1.05. The van der Waals surface area contributed by atoms with Gasteiger partial charge in [0.05, 0.1) is 12.2 Å². The van der Waals surface area contributed by atoms with Crippen LogP contribution < -0.4 is 0 Å². The SMILES string of the molecule is CC(C)/C=C(\F)P(=O)(OC(C)C)OC(C)C. The van der Waals surface area contributed by atoms with Gasteiger partial charge in [-0.1, -0.05) is 13.8 Å². The van der Waals surface area contributed by atoms with Gasteiger partial charge in [0.2, 0.25) is 5.57 Å². The van der Waals surface area contributed by atoms with Crippen molar-refractivity contribution >= 4 is 7.60 Å². The van der Waals surface area contributed by atoms with Crippen molar-refractivity contribution < 1.29 is 18.0 Å². The lowest BCUT2D eigenvalue weighted by Gasteiger charge is -2.21. The number of hydrogen-bond donors (Lipinski definition) is 0. The molecular weight excluding hydrogens is 230 g/mol. The third kappa shape index (κ3) is 5.78. The Kier molecular flexibility index (Phi) is 6.46. The molecule has 0 N–H and O–H groups in total. The second-order valence-electron chi connectivity index (χ2n) is 4.54. The molecule has 0 fully saturated rings. The van der Waals surface area contributed by atoms with Crippen LogP contribution in [0.4, 0.5) is 4.39 Å². The van der Waals surface area contributed by atoms with Crippen molar-refractivity contribution in [3.63, 3.8) is 0 Å². The van der Waals surface area contributed by atoms with Crippen molar-refractivity contribution in [1.29, 1.82) is 0 Å². The van der Waals surface area contributed by atoms with E-state index in [-0.39, 0.29) is 18.1 Å². The quantitative estimate of drug-likeness (QED) is 0.653. The Balaban J connectivity index is 4.99. The van der Waals surface area contributed by atoms with Crippen LogP contribution in [-0.4, -0.2) is 12.2 Å². The Morgan fingerprint density at radius 2 is 1.44 bits per heavy atom. The standard InChI is InChI=1S/C11H22FO3P/c1-8(2)7-11(12)16(13,14-9(3)4)15-10(5)6/h7-10H,1-6H3/b11-7+. The Morgan fingerprint density at radius 1 is 1.06 bits per heavy atom. The van der Waals surface area contributed by atoms with E-state index < -0.39 is 13.2 Å². The molecule has 0 saturated carbocycles. The maximum Gasteiger partial charge on any atom is 0.389 e. The summed E-state index contributed by atoms with van der Waals surface area (Å²) in [6.45, 7) is 10.4. The van der Waals surface area contributed by atoms with Crippen molar-refractivity contribution in [3.8, 4) is 0 Å². The van der Waals surface area contributed by atoms with E-state index in [1.54, 1.807) is 41.5 Å². The Labute approximate surface area is 97.6 Å². The van der Waals surface area contributed by atoms with E-state index in [0.717, 1.165) is 0 Å². The van der Waals surface area contributed by atoms with E-state index in [9.17, 15) is 8.96 Å². The molecule has 0 aliphatic heterocycles. The summed E-state index contributed by atoms with van der Waals surface area (Å²) in [7, 11) is -3.78. The molecule has 0 aromatic rings. The summed E-state index contributed by atoms with van der Waals surface area (Å²) < 4.78 is 36.2. The fraction of sp³-hybridized carbons (Fsp3) is 0.818. The molecule has 0 rings (SSSR count). The third-order valence-electron chi connectivity index (χ3n) is 1.43. The van der Waals surface area contributed by atoms with Crippen molar-refractivity contribution in [2.45, 2.75) is 53.8 Å². The predicted molar refractivity (Wildman–Crippen MR) is 64.1 cm³/mol. The molecule has 0 heterocycles. The average molecular weight is 252 g/mol. The molecule has 0 aromatic carbocycles. The number of rotatable bonds is 6. The van der Waals surface area contributed by atoms with Gasteiger partial charge in [-0.25, -0.2) is 0 Å². The minimum atomic E-state index is -3.78. The first-order chi connectivity index (χ1) is 7.17. The van der Waals surface area contributed by atoms with Crippen LogP contribution in [0.5, 0.6) is 0 Å². The Bertz CT molecular complexity index is 271. The van der Waals surface area contributed by atoms with Gasteiger partial charge in [0.25, 0.3) is 0 Å². The van der Waals surface area contributed by atoms with E-state index in [1.807, 2.05) is 0 Å². The van der Waals surface area contributed by atoms with Crippen LogP contribution in [0.3, 0.4) is 0 Å². The van der Waals surface area contributed by atoms with Gasteiger partial charge in [-0.3, -0.25) is 4.57 Å². The summed E-state index contributed by atoms with van der Waals surface area (Å²) in [6, 6.07) is 0. The monoisotopic (exact) mass is 252 g/mol. The zero-order chi connectivity index (χ0) is 12.9. The van der Waals surface area contributed by atoms with E-state index in [2.05, 4.69) is 0 Å². The molecule has 0 unspecified atom stereocenters. The molecule has 96 valence electrons. The summed E-state index contributed by atoms with van der Waals surface area (Å²) in [5, 5.41) is 0. The second-order valence-corrected chi connectivity index (χ2v) is 6.38. The highest BCUT2D eigenvalue weighted by Crippen LogP contribution is 2.58. The minimum absolute atomic E-state index is 0.0418. The molecule has 0 spiro atoms. The molecule has 3 nitrogen and oxygen atoms in total. The van der Waals surface area contributed by atoms with E-state index in [4.69, 9.17) is 9.05 Å². The molecule has 0 aromatic heterocycles. The normalized spacial score (nSPS) is 14.2. The molecule has 0 saturated heterocycles. The highest BCUT2D eigenvalue weighted by atomic mass is 31.2. The molecule has 0 amide bonds. The predicted octanol–water partition coefficient (Wildman–Crippen LogP) is 4.50. The van der Waals surface area contributed by atoms with Gasteiger partial charge in [0, 0.05) is 0 Å². The van der Waals surface area contributed by atoms with Crippen LogP contribution in [0.15, 0.2) is 11.6 Å². The summed E-state index contributed by atoms with van der Waals surface area (Å²) in [6.07, 6.45) is 0.567. The first kappa shape index (κ1) is 15.8. The smallest absolute Gasteiger partial charge is 0.301 e. The highest BCUT2D eigenvalue weighted by molar-refractivity contribution is 7.58. The van der Waals surface area contributed by atoms with E-state index in [1.165, 1.54) is 6.08 Å². The average Bonchev–Trinajstić information content (AvgIpc) is 1.98. The lowest BCUT2D eigenvalue weighted by molar-refractivity contribution is 0.143. The Morgan fingerprint density at radius 3 is 1.69 bits per heavy atom. The zero-order valence-electron chi connectivity index (χ0n) is 10.9. The van der Waals surface area contributed by atoms with Gasteiger partial charge >= 0.3 is 7.60 Å². The molecule has 0 radical (unpaired) electrons. The molecule has 0 bridgehead atoms. The van der Waals surface area contributed by atoms with E-state index in [0.29, 0.717) is 0 Å². The van der Waals surface area contributed by atoms with Crippen LogP contribution in [0, 0.1) is 5.92 Å². The largest absolute Gasteiger partial charge is 0.389 e. The molecular formula is C11H22FO3P. The minimum Gasteiger partial charge on any atom is -0.301 e. The number of hydrogen-bond acceptors (Lipinski definition) is 3. The van der Waals surface area contributed by atoms with Crippen molar-refractivity contribution in [2.75, 3.05) is 0 Å². The fourth-order valence-corrected chi connectivity index (χ4v) is 2.89. The van der Waals surface area contributed by atoms with Crippen LogP contribution >= 0.6 is 7.60 Å². The van der Waals surface area contributed by atoms with Crippen molar-refractivity contribution in [2.24, 2.45) is 5.92 Å². The van der Waals surface area contributed by atoms with Gasteiger partial charge in [0.1, 0.15) is 0 Å². The zero-order valence-corrected chi connectivity index (χ0v) is 11.8. The van der Waals surface area contributed by atoms with Crippen LogP contribution in [-0.2, 0) is 13.6 Å². The van der Waals surface area contributed by atoms with Gasteiger partial charge in [0.15, 0.2) is 0 Å². The first-order valence-electron chi connectivity index (χ1n) is 5.52. The van der Waals surface area contributed by atoms with Gasteiger partial charge in [-0.15, -0.1) is 0 Å². The number of allylic oxidation sites excluding steroid dienone is 1. The second kappa shape index (κ2) is 6.53. The molecule has 0 aliphatic carbocycles. The molecule has 0 atom stereocenters. The summed E-state index contributed by atoms with van der Waals surface area (Å²) in [5.74, 6) is -0.0418. The topological polar surface area (TPSA) is 35.5 Å². The summed E-state index contributed by atoms with van der Waals surface area (Å²) in [4.78, 5) is 0. The molecule has 0 aliphatic rings. The maximum atomic E-state index is 13.8. The van der Waals surface area contributed by atoms with Crippen molar-refractivity contribution in [1.82, 2.24) is 0 Å². The maximum absolute atomic E-state index is 13.8. The van der Waals surface area contributed by atoms with Gasteiger partial charge in [-0.05, 0) is 39.7 Å². The van der Waals surface area contributed by atoms with Gasteiger partial charge < -0.3 is 9.05 Å². The van der Waals surface area contributed by atoms with Crippen LogP contribution in [0.1, 0.15) is 41.5 Å². The summed E-state index contributed by atoms with van der Waals surface area (Å²) >= 11 is 0. The van der Waals surface area contributed by atoms with Crippen molar-refractivity contribution in [3.05, 3.63) is 11.6 Å². The summed E-state index contributed by atoms with van der Waals surface area (Å²) in [5.41, 5.74) is -0.801. The molecule has 16 heavy (non-hydrogen) atoms. The lowest BCUT2D eigenvalue weighted by atomic mass is 10.2.